The minimum atomic E-state index is -0.352. The van der Waals surface area contributed by atoms with Crippen LogP contribution in [0, 0.1) is 10.1 Å². The third kappa shape index (κ3) is 2.66. The van der Waals surface area contributed by atoms with Crippen molar-refractivity contribution in [3.05, 3.63) is 69.8 Å². The van der Waals surface area contributed by atoms with Crippen LogP contribution in [0.2, 0.25) is 0 Å². The number of nitro groups is 1. The summed E-state index contributed by atoms with van der Waals surface area (Å²) in [4.78, 5) is 10.6. The molecule has 0 bridgehead atoms. The highest BCUT2D eigenvalue weighted by Gasteiger charge is 2.12. The Labute approximate surface area is 105 Å². The number of para-hydroxylation sites is 1. The molecule has 4 nitrogen and oxygen atoms in total. The van der Waals surface area contributed by atoms with Gasteiger partial charge < -0.3 is 4.74 Å². The zero-order valence-electron chi connectivity index (χ0n) is 10.00. The van der Waals surface area contributed by atoms with E-state index >= 15 is 0 Å². The van der Waals surface area contributed by atoms with Gasteiger partial charge in [0.1, 0.15) is 5.75 Å². The van der Waals surface area contributed by atoms with Crippen molar-refractivity contribution in [1.82, 2.24) is 0 Å². The molecule has 0 aromatic heterocycles. The summed E-state index contributed by atoms with van der Waals surface area (Å²) >= 11 is 0. The van der Waals surface area contributed by atoms with Crippen molar-refractivity contribution in [2.45, 2.75) is 6.42 Å². The molecule has 0 saturated heterocycles. The number of hydrogen-bond acceptors (Lipinski definition) is 3. The largest absolute Gasteiger partial charge is 0.497 e. The van der Waals surface area contributed by atoms with E-state index < -0.39 is 0 Å². The molecule has 0 unspecified atom stereocenters. The first kappa shape index (κ1) is 12.1. The second-order valence-electron chi connectivity index (χ2n) is 3.91. The SMILES string of the molecule is COc1cccc(Cc2ccccc2[N+](=O)[O-])c1. The molecule has 92 valence electrons. The normalized spacial score (nSPS) is 10.1. The molecular weight excluding hydrogens is 230 g/mol. The lowest BCUT2D eigenvalue weighted by molar-refractivity contribution is -0.385. The van der Waals surface area contributed by atoms with Gasteiger partial charge in [-0.25, -0.2) is 0 Å². The number of hydrogen-bond donors (Lipinski definition) is 0. The van der Waals surface area contributed by atoms with Crippen LogP contribution in [-0.2, 0) is 6.42 Å². The Morgan fingerprint density at radius 3 is 2.67 bits per heavy atom. The molecule has 0 atom stereocenters. The van der Waals surface area contributed by atoms with Crippen molar-refractivity contribution >= 4 is 5.69 Å². The van der Waals surface area contributed by atoms with Crippen molar-refractivity contribution in [3.63, 3.8) is 0 Å². The van der Waals surface area contributed by atoms with E-state index in [9.17, 15) is 10.1 Å². The molecule has 18 heavy (non-hydrogen) atoms. The van der Waals surface area contributed by atoms with Gasteiger partial charge in [0.05, 0.1) is 12.0 Å². The summed E-state index contributed by atoms with van der Waals surface area (Å²) in [6.07, 6.45) is 0.522. The van der Waals surface area contributed by atoms with Gasteiger partial charge in [0.2, 0.25) is 0 Å². The Balaban J connectivity index is 2.31. The van der Waals surface area contributed by atoms with Crippen LogP contribution in [0.3, 0.4) is 0 Å². The number of nitrogens with zero attached hydrogens (tertiary/aromatic N) is 1. The van der Waals surface area contributed by atoms with Gasteiger partial charge in [0, 0.05) is 18.1 Å². The minimum absolute atomic E-state index is 0.153. The van der Waals surface area contributed by atoms with E-state index in [1.165, 1.54) is 6.07 Å². The summed E-state index contributed by atoms with van der Waals surface area (Å²) in [5, 5.41) is 10.9. The van der Waals surface area contributed by atoms with Crippen molar-refractivity contribution in [2.24, 2.45) is 0 Å². The Morgan fingerprint density at radius 2 is 1.94 bits per heavy atom. The quantitative estimate of drug-likeness (QED) is 0.612. The summed E-state index contributed by atoms with van der Waals surface area (Å²) in [7, 11) is 1.60. The predicted octanol–water partition coefficient (Wildman–Crippen LogP) is 3.19. The molecular formula is C14H13NO3. The summed E-state index contributed by atoms with van der Waals surface area (Å²) in [6, 6.07) is 14.3. The molecule has 2 aromatic carbocycles. The Bertz CT molecular complexity index is 566. The Morgan fingerprint density at radius 1 is 1.17 bits per heavy atom. The Hall–Kier alpha value is -2.36. The molecule has 0 spiro atoms. The number of nitro benzene ring substituents is 1. The van der Waals surface area contributed by atoms with Crippen molar-refractivity contribution in [3.8, 4) is 5.75 Å². The zero-order chi connectivity index (χ0) is 13.0. The molecule has 0 aliphatic rings. The minimum Gasteiger partial charge on any atom is -0.497 e. The molecule has 0 fully saturated rings. The zero-order valence-corrected chi connectivity index (χ0v) is 10.00. The fourth-order valence-electron chi connectivity index (χ4n) is 1.84. The molecule has 0 aliphatic heterocycles. The van der Waals surface area contributed by atoms with Crippen molar-refractivity contribution < 1.29 is 9.66 Å². The van der Waals surface area contributed by atoms with E-state index in [0.717, 1.165) is 11.3 Å². The van der Waals surface area contributed by atoms with Crippen molar-refractivity contribution in [2.75, 3.05) is 7.11 Å². The van der Waals surface area contributed by atoms with Crippen LogP contribution < -0.4 is 4.74 Å². The van der Waals surface area contributed by atoms with Crippen LogP contribution in [0.1, 0.15) is 11.1 Å². The van der Waals surface area contributed by atoms with Gasteiger partial charge in [-0.2, -0.15) is 0 Å². The maximum absolute atomic E-state index is 10.9. The van der Waals surface area contributed by atoms with E-state index in [-0.39, 0.29) is 10.6 Å². The molecule has 2 aromatic rings. The third-order valence-electron chi connectivity index (χ3n) is 2.72. The van der Waals surface area contributed by atoms with Crippen LogP contribution >= 0.6 is 0 Å². The smallest absolute Gasteiger partial charge is 0.272 e. The lowest BCUT2D eigenvalue weighted by Gasteiger charge is -2.05. The van der Waals surface area contributed by atoms with Crippen molar-refractivity contribution in [1.29, 1.82) is 0 Å². The standard InChI is InChI=1S/C14H13NO3/c1-18-13-7-4-5-11(10-13)9-12-6-2-3-8-14(12)15(16)17/h2-8,10H,9H2,1H3. The maximum atomic E-state index is 10.9. The number of methoxy groups -OCH3 is 1. The topological polar surface area (TPSA) is 52.4 Å². The highest BCUT2D eigenvalue weighted by Crippen LogP contribution is 2.22. The van der Waals surface area contributed by atoms with Crippen LogP contribution in [0.5, 0.6) is 5.75 Å². The van der Waals surface area contributed by atoms with E-state index in [0.29, 0.717) is 12.0 Å². The first-order valence-corrected chi connectivity index (χ1v) is 5.56. The number of benzene rings is 2. The van der Waals surface area contributed by atoms with Gasteiger partial charge in [-0.3, -0.25) is 10.1 Å². The Kier molecular flexibility index (Phi) is 3.57. The molecule has 0 N–H and O–H groups in total. The highest BCUT2D eigenvalue weighted by molar-refractivity contribution is 5.43. The number of rotatable bonds is 4. The first-order valence-electron chi connectivity index (χ1n) is 5.56. The van der Waals surface area contributed by atoms with E-state index in [1.54, 1.807) is 19.2 Å². The summed E-state index contributed by atoms with van der Waals surface area (Å²) in [5.41, 5.74) is 1.85. The molecule has 0 amide bonds. The van der Waals surface area contributed by atoms with Gasteiger partial charge in [-0.1, -0.05) is 30.3 Å². The van der Waals surface area contributed by atoms with E-state index in [2.05, 4.69) is 0 Å². The molecule has 2 rings (SSSR count). The summed E-state index contributed by atoms with van der Waals surface area (Å²) < 4.78 is 5.14. The second-order valence-corrected chi connectivity index (χ2v) is 3.91. The van der Waals surface area contributed by atoms with Crippen LogP contribution in [0.4, 0.5) is 5.69 Å². The third-order valence-corrected chi connectivity index (χ3v) is 2.72. The average molecular weight is 243 g/mol. The van der Waals surface area contributed by atoms with Crippen LogP contribution in [0.25, 0.3) is 0 Å². The fraction of sp³-hybridized carbons (Fsp3) is 0.143. The van der Waals surface area contributed by atoms with Gasteiger partial charge in [-0.05, 0) is 17.7 Å². The summed E-state index contributed by atoms with van der Waals surface area (Å²) in [5.74, 6) is 0.756. The lowest BCUT2D eigenvalue weighted by Crippen LogP contribution is -1.96. The molecule has 0 radical (unpaired) electrons. The number of ether oxygens (including phenoxy) is 1. The maximum Gasteiger partial charge on any atom is 0.272 e. The summed E-state index contributed by atoms with van der Waals surface area (Å²) in [6.45, 7) is 0. The predicted molar refractivity (Wildman–Crippen MR) is 68.9 cm³/mol. The van der Waals surface area contributed by atoms with Gasteiger partial charge in [0.25, 0.3) is 5.69 Å². The van der Waals surface area contributed by atoms with Crippen LogP contribution in [-0.4, -0.2) is 12.0 Å². The molecule has 0 aliphatic carbocycles. The second kappa shape index (κ2) is 5.31. The van der Waals surface area contributed by atoms with Crippen LogP contribution in [0.15, 0.2) is 48.5 Å². The first-order chi connectivity index (χ1) is 8.70. The van der Waals surface area contributed by atoms with Gasteiger partial charge >= 0.3 is 0 Å². The average Bonchev–Trinajstić information content (AvgIpc) is 2.39. The van der Waals surface area contributed by atoms with E-state index in [4.69, 9.17) is 4.74 Å². The fourth-order valence-corrected chi connectivity index (χ4v) is 1.84. The van der Waals surface area contributed by atoms with Gasteiger partial charge in [0.15, 0.2) is 0 Å². The lowest BCUT2D eigenvalue weighted by atomic mass is 10.0. The monoisotopic (exact) mass is 243 g/mol. The molecule has 0 heterocycles. The van der Waals surface area contributed by atoms with E-state index in [1.807, 2.05) is 30.3 Å². The molecule has 0 saturated carbocycles. The highest BCUT2D eigenvalue weighted by atomic mass is 16.6. The molecule has 4 heteroatoms. The van der Waals surface area contributed by atoms with Gasteiger partial charge in [-0.15, -0.1) is 0 Å².